The number of alkyl carbamates (subject to hydrolysis) is 1. The second-order valence-electron chi connectivity index (χ2n) is 7.63. The average molecular weight is 458 g/mol. The van der Waals surface area contributed by atoms with Gasteiger partial charge in [-0.3, -0.25) is 9.59 Å². The van der Waals surface area contributed by atoms with Gasteiger partial charge in [-0.2, -0.15) is 0 Å². The van der Waals surface area contributed by atoms with Gasteiger partial charge in [0.25, 0.3) is 0 Å². The lowest BCUT2D eigenvalue weighted by atomic mass is 9.98. The molecule has 0 radical (unpaired) electrons. The van der Waals surface area contributed by atoms with Crippen molar-refractivity contribution in [2.75, 3.05) is 40.1 Å². The molecule has 2 amide bonds. The van der Waals surface area contributed by atoms with Crippen LogP contribution in [-0.2, 0) is 19.1 Å². The largest absolute Gasteiger partial charge is 0.481 e. The molecule has 1 aliphatic carbocycles. The first-order chi connectivity index (χ1) is 16.0. The van der Waals surface area contributed by atoms with Crippen molar-refractivity contribution in [3.63, 3.8) is 0 Å². The summed E-state index contributed by atoms with van der Waals surface area (Å²) in [5.74, 6) is -2.17. The number of carbonyl (C=O) groups excluding carboxylic acids is 2. The minimum absolute atomic E-state index is 0.0196. The molecule has 1 unspecified atom stereocenters. The highest BCUT2D eigenvalue weighted by Gasteiger charge is 2.31. The van der Waals surface area contributed by atoms with E-state index in [1.54, 1.807) is 0 Å². The molecule has 9 heteroatoms. The summed E-state index contributed by atoms with van der Waals surface area (Å²) in [4.78, 5) is 37.7. The lowest BCUT2D eigenvalue weighted by Gasteiger charge is -2.26. The zero-order valence-corrected chi connectivity index (χ0v) is 18.3. The Morgan fingerprint density at radius 1 is 1.06 bits per heavy atom. The van der Waals surface area contributed by atoms with Crippen molar-refractivity contribution < 1.29 is 33.4 Å². The molecule has 8 nitrogen and oxygen atoms in total. The fourth-order valence-electron chi connectivity index (χ4n) is 4.01. The van der Waals surface area contributed by atoms with E-state index < -0.39 is 37.1 Å². The van der Waals surface area contributed by atoms with Gasteiger partial charge in [0.05, 0.1) is 13.0 Å². The van der Waals surface area contributed by atoms with Crippen LogP contribution in [0.1, 0.15) is 23.5 Å². The summed E-state index contributed by atoms with van der Waals surface area (Å²) in [6, 6.07) is 14.3. The van der Waals surface area contributed by atoms with Crippen LogP contribution in [0.4, 0.5) is 9.18 Å². The quantitative estimate of drug-likeness (QED) is 0.537. The molecule has 0 heterocycles. The SMILES string of the molecule is COCCN(CCF)C(=O)C(CC(=O)O)NC(=O)OCC1c2ccccc2-c2ccccc21. The Bertz CT molecular complexity index is 953. The van der Waals surface area contributed by atoms with E-state index in [2.05, 4.69) is 5.32 Å². The summed E-state index contributed by atoms with van der Waals surface area (Å²) in [6.45, 7) is -0.797. The number of halogens is 1. The molecule has 1 atom stereocenters. The number of ether oxygens (including phenoxy) is 2. The van der Waals surface area contributed by atoms with E-state index in [-0.39, 0.29) is 32.2 Å². The van der Waals surface area contributed by atoms with Gasteiger partial charge in [-0.05, 0) is 22.3 Å². The molecule has 176 valence electrons. The van der Waals surface area contributed by atoms with Crippen molar-refractivity contribution in [3.8, 4) is 11.1 Å². The summed E-state index contributed by atoms with van der Waals surface area (Å²) < 4.78 is 23.2. The summed E-state index contributed by atoms with van der Waals surface area (Å²) in [6.07, 6.45) is -1.57. The number of rotatable bonds is 11. The molecule has 0 aromatic heterocycles. The van der Waals surface area contributed by atoms with Crippen LogP contribution in [0, 0.1) is 0 Å². The Hall–Kier alpha value is -3.46. The molecule has 0 bridgehead atoms. The van der Waals surface area contributed by atoms with Crippen molar-refractivity contribution in [1.82, 2.24) is 10.2 Å². The maximum absolute atomic E-state index is 12.9. The van der Waals surface area contributed by atoms with Crippen molar-refractivity contribution in [1.29, 1.82) is 0 Å². The third kappa shape index (κ3) is 5.87. The average Bonchev–Trinajstić information content (AvgIpc) is 3.13. The van der Waals surface area contributed by atoms with Crippen LogP contribution in [-0.4, -0.2) is 74.1 Å². The van der Waals surface area contributed by atoms with E-state index in [0.717, 1.165) is 27.2 Å². The number of hydrogen-bond acceptors (Lipinski definition) is 5. The van der Waals surface area contributed by atoms with E-state index in [4.69, 9.17) is 9.47 Å². The van der Waals surface area contributed by atoms with Crippen LogP contribution >= 0.6 is 0 Å². The van der Waals surface area contributed by atoms with Crippen LogP contribution in [0.3, 0.4) is 0 Å². The van der Waals surface area contributed by atoms with Crippen molar-refractivity contribution in [3.05, 3.63) is 59.7 Å². The fraction of sp³-hybridized carbons (Fsp3) is 0.375. The van der Waals surface area contributed by atoms with E-state index in [1.165, 1.54) is 7.11 Å². The number of fused-ring (bicyclic) bond motifs is 3. The van der Waals surface area contributed by atoms with E-state index in [1.807, 2.05) is 48.5 Å². The maximum atomic E-state index is 12.9. The minimum atomic E-state index is -1.39. The summed E-state index contributed by atoms with van der Waals surface area (Å²) in [7, 11) is 1.43. The first kappa shape index (κ1) is 24.2. The number of amides is 2. The van der Waals surface area contributed by atoms with Gasteiger partial charge >= 0.3 is 12.1 Å². The molecule has 0 spiro atoms. The second-order valence-corrected chi connectivity index (χ2v) is 7.63. The Labute approximate surface area is 191 Å². The van der Waals surface area contributed by atoms with Gasteiger partial charge in [0.15, 0.2) is 0 Å². The monoisotopic (exact) mass is 458 g/mol. The molecule has 2 aromatic rings. The molecular weight excluding hydrogens is 431 g/mol. The van der Waals surface area contributed by atoms with Gasteiger partial charge in [0.1, 0.15) is 19.3 Å². The number of carboxylic acid groups (broad SMARTS) is 1. The van der Waals surface area contributed by atoms with Crippen molar-refractivity contribution in [2.24, 2.45) is 0 Å². The third-order valence-corrected chi connectivity index (χ3v) is 5.54. The number of nitrogens with one attached hydrogen (secondary N) is 1. The second kappa shape index (κ2) is 11.4. The lowest BCUT2D eigenvalue weighted by molar-refractivity contribution is -0.142. The van der Waals surface area contributed by atoms with Gasteiger partial charge in [-0.25, -0.2) is 9.18 Å². The number of methoxy groups -OCH3 is 1. The van der Waals surface area contributed by atoms with Crippen molar-refractivity contribution >= 4 is 18.0 Å². The number of nitrogens with zero attached hydrogens (tertiary/aromatic N) is 1. The molecule has 2 aromatic carbocycles. The third-order valence-electron chi connectivity index (χ3n) is 5.54. The van der Waals surface area contributed by atoms with Gasteiger partial charge in [0, 0.05) is 26.1 Å². The zero-order chi connectivity index (χ0) is 23.8. The lowest BCUT2D eigenvalue weighted by Crippen LogP contribution is -2.51. The molecule has 2 N–H and O–H groups in total. The van der Waals surface area contributed by atoms with Crippen LogP contribution in [0.2, 0.25) is 0 Å². The number of carboxylic acids is 1. The van der Waals surface area contributed by atoms with Gasteiger partial charge in [-0.1, -0.05) is 48.5 Å². The number of benzene rings is 2. The molecule has 0 fully saturated rings. The minimum Gasteiger partial charge on any atom is -0.481 e. The number of carbonyl (C=O) groups is 3. The first-order valence-corrected chi connectivity index (χ1v) is 10.6. The summed E-state index contributed by atoms with van der Waals surface area (Å²) >= 11 is 0. The predicted octanol–water partition coefficient (Wildman–Crippen LogP) is 2.81. The molecule has 0 saturated heterocycles. The van der Waals surface area contributed by atoms with Crippen LogP contribution < -0.4 is 5.32 Å². The Morgan fingerprint density at radius 2 is 1.67 bits per heavy atom. The summed E-state index contributed by atoms with van der Waals surface area (Å²) in [5, 5.41) is 11.5. The Balaban J connectivity index is 1.68. The Morgan fingerprint density at radius 3 is 2.21 bits per heavy atom. The highest BCUT2D eigenvalue weighted by Crippen LogP contribution is 2.44. The zero-order valence-electron chi connectivity index (χ0n) is 18.3. The topological polar surface area (TPSA) is 105 Å². The predicted molar refractivity (Wildman–Crippen MR) is 119 cm³/mol. The van der Waals surface area contributed by atoms with Gasteiger partial charge < -0.3 is 24.8 Å². The molecular formula is C24H27FN2O6. The Kier molecular flexibility index (Phi) is 8.37. The molecule has 33 heavy (non-hydrogen) atoms. The highest BCUT2D eigenvalue weighted by atomic mass is 19.1. The maximum Gasteiger partial charge on any atom is 0.407 e. The smallest absolute Gasteiger partial charge is 0.407 e. The van der Waals surface area contributed by atoms with E-state index in [9.17, 15) is 23.9 Å². The summed E-state index contributed by atoms with van der Waals surface area (Å²) in [5.41, 5.74) is 4.19. The fourth-order valence-corrected chi connectivity index (χ4v) is 4.01. The van der Waals surface area contributed by atoms with E-state index in [0.29, 0.717) is 0 Å². The number of hydrogen-bond donors (Lipinski definition) is 2. The molecule has 0 aliphatic heterocycles. The normalized spacial score (nSPS) is 13.0. The first-order valence-electron chi connectivity index (χ1n) is 10.6. The van der Waals surface area contributed by atoms with Crippen LogP contribution in [0.25, 0.3) is 11.1 Å². The van der Waals surface area contributed by atoms with Crippen molar-refractivity contribution in [2.45, 2.75) is 18.4 Å². The molecule has 1 aliphatic rings. The highest BCUT2D eigenvalue weighted by molar-refractivity contribution is 5.89. The molecule has 0 saturated carbocycles. The van der Waals surface area contributed by atoms with Gasteiger partial charge in [-0.15, -0.1) is 0 Å². The van der Waals surface area contributed by atoms with E-state index >= 15 is 0 Å². The van der Waals surface area contributed by atoms with Crippen LogP contribution in [0.15, 0.2) is 48.5 Å². The number of aliphatic carboxylic acids is 1. The molecule has 3 rings (SSSR count). The van der Waals surface area contributed by atoms with Gasteiger partial charge in [0.2, 0.25) is 5.91 Å². The number of alkyl halides is 1. The standard InChI is InChI=1S/C24H27FN2O6/c1-32-13-12-27(11-10-25)23(30)21(14-22(28)29)26-24(31)33-15-20-18-8-4-2-6-16(18)17-7-3-5-9-19(17)20/h2-9,20-21H,10-15H2,1H3,(H,26,31)(H,28,29). The van der Waals surface area contributed by atoms with Crippen LogP contribution in [0.5, 0.6) is 0 Å².